The van der Waals surface area contributed by atoms with E-state index < -0.39 is 18.5 Å². The van der Waals surface area contributed by atoms with Gasteiger partial charge in [0.05, 0.1) is 22.7 Å². The molecule has 0 saturated carbocycles. The number of para-hydroxylation sites is 1. The fourth-order valence-corrected chi connectivity index (χ4v) is 3.23. The predicted octanol–water partition coefficient (Wildman–Crippen LogP) is 2.28. The van der Waals surface area contributed by atoms with Gasteiger partial charge in [0.2, 0.25) is 0 Å². The molecule has 0 aliphatic heterocycles. The molecule has 0 N–H and O–H groups in total. The second kappa shape index (κ2) is 8.33. The third kappa shape index (κ3) is 4.24. The molecule has 0 bridgehead atoms. The summed E-state index contributed by atoms with van der Waals surface area (Å²) >= 11 is 1.39. The zero-order chi connectivity index (χ0) is 19.2. The highest BCUT2D eigenvalue weighted by molar-refractivity contribution is 7.21. The molecule has 3 aromatic rings. The van der Waals surface area contributed by atoms with Crippen LogP contribution in [0.5, 0.6) is 0 Å². The maximum Gasteiger partial charge on any atom is 0.359 e. The van der Waals surface area contributed by atoms with Crippen LogP contribution in [-0.2, 0) is 9.53 Å². The Kier molecular flexibility index (Phi) is 5.68. The molecule has 2 heterocycles. The van der Waals surface area contributed by atoms with Crippen molar-refractivity contribution in [1.82, 2.24) is 19.9 Å². The zero-order valence-corrected chi connectivity index (χ0v) is 15.3. The molecule has 136 valence electrons. The van der Waals surface area contributed by atoms with Gasteiger partial charge in [-0.2, -0.15) is 5.26 Å². The second-order valence-corrected chi connectivity index (χ2v) is 6.57. The lowest BCUT2D eigenvalue weighted by Crippen LogP contribution is -2.32. The van der Waals surface area contributed by atoms with Crippen molar-refractivity contribution in [3.05, 3.63) is 42.4 Å². The van der Waals surface area contributed by atoms with Crippen LogP contribution >= 0.6 is 11.3 Å². The molecular weight excluding hydrogens is 366 g/mol. The lowest BCUT2D eigenvalue weighted by Gasteiger charge is -2.15. The van der Waals surface area contributed by atoms with Crippen molar-refractivity contribution >= 4 is 33.4 Å². The van der Waals surface area contributed by atoms with E-state index in [9.17, 15) is 9.59 Å². The predicted molar refractivity (Wildman–Crippen MR) is 98.8 cm³/mol. The molecule has 0 fully saturated rings. The smallest absolute Gasteiger partial charge is 0.359 e. The van der Waals surface area contributed by atoms with Gasteiger partial charge in [-0.1, -0.05) is 12.1 Å². The molecule has 8 nitrogen and oxygen atoms in total. The number of amides is 1. The fourth-order valence-electron chi connectivity index (χ4n) is 2.27. The van der Waals surface area contributed by atoms with Crippen molar-refractivity contribution in [3.63, 3.8) is 0 Å². The van der Waals surface area contributed by atoms with E-state index in [0.29, 0.717) is 10.7 Å². The number of thiazole rings is 1. The number of carbonyl (C=O) groups is 2. The van der Waals surface area contributed by atoms with Crippen LogP contribution in [0.4, 0.5) is 0 Å². The Balaban J connectivity index is 1.76. The highest BCUT2D eigenvalue weighted by atomic mass is 32.1. The van der Waals surface area contributed by atoms with Crippen molar-refractivity contribution in [2.75, 3.05) is 20.2 Å². The number of nitriles is 1. The lowest BCUT2D eigenvalue weighted by molar-refractivity contribution is -0.133. The van der Waals surface area contributed by atoms with Gasteiger partial charge in [0.25, 0.3) is 5.91 Å². The summed E-state index contributed by atoms with van der Waals surface area (Å²) in [7, 11) is 1.54. The van der Waals surface area contributed by atoms with Crippen LogP contribution in [0, 0.1) is 11.3 Å². The molecule has 0 spiro atoms. The second-order valence-electron chi connectivity index (χ2n) is 5.54. The van der Waals surface area contributed by atoms with E-state index in [4.69, 9.17) is 10.00 Å². The number of hydrogen-bond donors (Lipinski definition) is 0. The first-order valence-electron chi connectivity index (χ1n) is 8.05. The molecule has 0 radical (unpaired) electrons. The molecule has 1 aromatic carbocycles. The molecule has 0 unspecified atom stereocenters. The van der Waals surface area contributed by atoms with Crippen molar-refractivity contribution in [1.29, 1.82) is 5.26 Å². The summed E-state index contributed by atoms with van der Waals surface area (Å²) in [5.74, 6) is -1.15. The van der Waals surface area contributed by atoms with Gasteiger partial charge >= 0.3 is 5.97 Å². The molecule has 3 rings (SSSR count). The summed E-state index contributed by atoms with van der Waals surface area (Å²) in [5.41, 5.74) is 1.12. The summed E-state index contributed by atoms with van der Waals surface area (Å²) < 4.78 is 6.05. The van der Waals surface area contributed by atoms with Crippen LogP contribution in [0.25, 0.3) is 20.9 Å². The maximum atomic E-state index is 12.4. The Labute approximate surface area is 159 Å². The largest absolute Gasteiger partial charge is 0.451 e. The van der Waals surface area contributed by atoms with Crippen LogP contribution in [0.15, 0.2) is 36.7 Å². The Bertz CT molecular complexity index is 994. The van der Waals surface area contributed by atoms with Crippen molar-refractivity contribution in [2.24, 2.45) is 0 Å². The number of aromatic nitrogens is 3. The molecular formula is C18H15N5O3S. The highest BCUT2D eigenvalue weighted by Crippen LogP contribution is 2.30. The van der Waals surface area contributed by atoms with Crippen molar-refractivity contribution in [3.8, 4) is 16.8 Å². The molecule has 1 amide bonds. The normalized spacial score (nSPS) is 10.4. The van der Waals surface area contributed by atoms with Gasteiger partial charge in [0.15, 0.2) is 12.3 Å². The molecule has 9 heteroatoms. The summed E-state index contributed by atoms with van der Waals surface area (Å²) in [5, 5.41) is 9.11. The minimum absolute atomic E-state index is 0.00374. The quantitative estimate of drug-likeness (QED) is 0.603. The number of fused-ring (bicyclic) bond motifs is 1. The fraction of sp³-hybridized carbons (Fsp3) is 0.222. The number of carbonyl (C=O) groups excluding carboxylic acids is 2. The third-order valence-electron chi connectivity index (χ3n) is 3.70. The van der Waals surface area contributed by atoms with Crippen molar-refractivity contribution in [2.45, 2.75) is 6.42 Å². The number of rotatable bonds is 6. The Hall–Kier alpha value is -3.38. The highest BCUT2D eigenvalue weighted by Gasteiger charge is 2.21. The number of ether oxygens (including phenoxy) is 1. The maximum absolute atomic E-state index is 12.4. The minimum atomic E-state index is -0.751. The van der Waals surface area contributed by atoms with Crippen LogP contribution in [0.3, 0.4) is 0 Å². The van der Waals surface area contributed by atoms with Gasteiger partial charge < -0.3 is 9.64 Å². The number of hydrogen-bond acceptors (Lipinski definition) is 8. The number of likely N-dealkylation sites (N-methyl/N-ethyl adjacent to an activating group) is 1. The molecule has 0 aliphatic carbocycles. The van der Waals surface area contributed by atoms with Crippen LogP contribution in [-0.4, -0.2) is 51.9 Å². The first-order chi connectivity index (χ1) is 13.1. The van der Waals surface area contributed by atoms with Crippen LogP contribution in [0.1, 0.15) is 16.9 Å². The molecule has 0 saturated heterocycles. The molecule has 27 heavy (non-hydrogen) atoms. The summed E-state index contributed by atoms with van der Waals surface area (Å²) in [6.45, 7) is -0.161. The van der Waals surface area contributed by atoms with Gasteiger partial charge in [-0.05, 0) is 12.1 Å². The van der Waals surface area contributed by atoms with Gasteiger partial charge in [-0.25, -0.2) is 19.7 Å². The van der Waals surface area contributed by atoms with Crippen molar-refractivity contribution < 1.29 is 14.3 Å². The van der Waals surface area contributed by atoms with E-state index in [1.807, 2.05) is 30.3 Å². The standard InChI is InChI=1S/C18H15N5O3S/c1-23(10-4-7-19)14(24)11-26-18(25)16-15(20-8-9-21-16)17-22-12-5-2-3-6-13(12)27-17/h2-3,5-6,8-9H,4,10-11H2,1H3. The van der Waals surface area contributed by atoms with Gasteiger partial charge in [0.1, 0.15) is 10.7 Å². The van der Waals surface area contributed by atoms with Gasteiger partial charge in [-0.15, -0.1) is 11.3 Å². The van der Waals surface area contributed by atoms with E-state index >= 15 is 0 Å². The van der Waals surface area contributed by atoms with Gasteiger partial charge in [0, 0.05) is 26.0 Å². The molecule has 0 atom stereocenters. The number of benzene rings is 1. The summed E-state index contributed by atoms with van der Waals surface area (Å²) in [6.07, 6.45) is 3.06. The summed E-state index contributed by atoms with van der Waals surface area (Å²) in [6, 6.07) is 9.55. The van der Waals surface area contributed by atoms with E-state index in [-0.39, 0.29) is 18.7 Å². The van der Waals surface area contributed by atoms with E-state index in [2.05, 4.69) is 15.0 Å². The Morgan fingerprint density at radius 1 is 1.26 bits per heavy atom. The first kappa shape index (κ1) is 18.4. The first-order valence-corrected chi connectivity index (χ1v) is 8.87. The Morgan fingerprint density at radius 2 is 2.04 bits per heavy atom. The molecule has 0 aliphatic rings. The monoisotopic (exact) mass is 381 g/mol. The van der Waals surface area contributed by atoms with E-state index in [0.717, 1.165) is 10.2 Å². The average molecular weight is 381 g/mol. The summed E-state index contributed by atoms with van der Waals surface area (Å²) in [4.78, 5) is 38.5. The zero-order valence-electron chi connectivity index (χ0n) is 14.5. The van der Waals surface area contributed by atoms with Crippen LogP contribution in [0.2, 0.25) is 0 Å². The molecule has 2 aromatic heterocycles. The lowest BCUT2D eigenvalue weighted by atomic mass is 10.3. The van der Waals surface area contributed by atoms with E-state index in [1.165, 1.54) is 28.6 Å². The average Bonchev–Trinajstić information content (AvgIpc) is 3.14. The SMILES string of the molecule is CN(CCC#N)C(=O)COC(=O)c1nccnc1-c1nc2ccccc2s1. The van der Waals surface area contributed by atoms with Gasteiger partial charge in [-0.3, -0.25) is 4.79 Å². The third-order valence-corrected chi connectivity index (χ3v) is 4.74. The Morgan fingerprint density at radius 3 is 2.81 bits per heavy atom. The number of esters is 1. The number of nitrogens with zero attached hydrogens (tertiary/aromatic N) is 5. The minimum Gasteiger partial charge on any atom is -0.451 e. The van der Waals surface area contributed by atoms with E-state index in [1.54, 1.807) is 7.05 Å². The topological polar surface area (TPSA) is 109 Å². The van der Waals surface area contributed by atoms with Crippen LogP contribution < -0.4 is 0 Å².